The molecule has 0 radical (unpaired) electrons. The molecule has 20 heavy (non-hydrogen) atoms. The summed E-state index contributed by atoms with van der Waals surface area (Å²) in [6.45, 7) is 6.55. The van der Waals surface area contributed by atoms with Crippen LogP contribution in [0.5, 0.6) is 0 Å². The van der Waals surface area contributed by atoms with Gasteiger partial charge in [0.05, 0.1) is 11.5 Å². The normalized spacial score (nSPS) is 23.4. The Balaban J connectivity index is 1.61. The highest BCUT2D eigenvalue weighted by Crippen LogP contribution is 2.21. The highest BCUT2D eigenvalue weighted by Gasteiger charge is 2.24. The number of carbonyl (C=O) groups is 2. The lowest BCUT2D eigenvalue weighted by Crippen LogP contribution is -2.48. The molecule has 8 heteroatoms. The van der Waals surface area contributed by atoms with Crippen molar-refractivity contribution in [1.29, 1.82) is 0 Å². The van der Waals surface area contributed by atoms with Crippen molar-refractivity contribution < 1.29 is 14.7 Å². The van der Waals surface area contributed by atoms with Gasteiger partial charge in [-0.3, -0.25) is 24.7 Å². The van der Waals surface area contributed by atoms with Gasteiger partial charge in [0.25, 0.3) is 11.1 Å². The summed E-state index contributed by atoms with van der Waals surface area (Å²) in [5, 5.41) is 13.8. The maximum Gasteiger partial charge on any atom is 0.290 e. The van der Waals surface area contributed by atoms with Crippen LogP contribution < -0.4 is 10.6 Å². The maximum atomic E-state index is 11.3. The minimum atomic E-state index is -0.329. The summed E-state index contributed by atoms with van der Waals surface area (Å²) in [4.78, 5) is 27.2. The quantitative estimate of drug-likeness (QED) is 0.429. The van der Waals surface area contributed by atoms with Crippen LogP contribution >= 0.6 is 11.8 Å². The van der Waals surface area contributed by atoms with E-state index in [4.69, 9.17) is 5.11 Å². The first-order chi connectivity index (χ1) is 9.69. The summed E-state index contributed by atoms with van der Waals surface area (Å²) in [7, 11) is 0. The van der Waals surface area contributed by atoms with E-state index in [-0.39, 0.29) is 17.8 Å². The van der Waals surface area contributed by atoms with E-state index in [0.29, 0.717) is 4.91 Å². The van der Waals surface area contributed by atoms with Crippen LogP contribution in [0.4, 0.5) is 4.79 Å². The molecule has 0 aliphatic carbocycles. The van der Waals surface area contributed by atoms with Gasteiger partial charge in [-0.05, 0) is 11.8 Å². The van der Waals surface area contributed by atoms with Gasteiger partial charge < -0.3 is 10.4 Å². The van der Waals surface area contributed by atoms with Crippen molar-refractivity contribution in [2.75, 3.05) is 52.4 Å². The molecule has 2 saturated heterocycles. The van der Waals surface area contributed by atoms with E-state index < -0.39 is 0 Å². The first-order valence-corrected chi connectivity index (χ1v) is 7.53. The van der Waals surface area contributed by atoms with Gasteiger partial charge >= 0.3 is 0 Å². The number of rotatable bonds is 6. The molecule has 2 aliphatic rings. The average Bonchev–Trinajstić information content (AvgIpc) is 2.75. The Labute approximate surface area is 122 Å². The number of nitrogens with zero attached hydrogens (tertiary/aromatic N) is 2. The molecule has 0 unspecified atom stereocenters. The predicted octanol–water partition coefficient (Wildman–Crippen LogP) is -0.990. The molecule has 2 heterocycles. The summed E-state index contributed by atoms with van der Waals surface area (Å²) < 4.78 is 0. The van der Waals surface area contributed by atoms with E-state index in [1.807, 2.05) is 0 Å². The number of imide groups is 1. The van der Waals surface area contributed by atoms with E-state index >= 15 is 0 Å². The molecule has 2 fully saturated rings. The zero-order valence-corrected chi connectivity index (χ0v) is 12.1. The van der Waals surface area contributed by atoms with Gasteiger partial charge in [-0.15, -0.1) is 0 Å². The van der Waals surface area contributed by atoms with Crippen LogP contribution in [0.25, 0.3) is 0 Å². The van der Waals surface area contributed by atoms with Crippen LogP contribution in [0.3, 0.4) is 0 Å². The average molecular weight is 300 g/mol. The van der Waals surface area contributed by atoms with Crippen molar-refractivity contribution in [2.24, 2.45) is 0 Å². The smallest absolute Gasteiger partial charge is 0.290 e. The second kappa shape index (κ2) is 7.63. The number of carbonyl (C=O) groups excluding carboxylic acids is 2. The lowest BCUT2D eigenvalue weighted by Gasteiger charge is -2.34. The van der Waals surface area contributed by atoms with Crippen molar-refractivity contribution in [3.05, 3.63) is 11.1 Å². The molecule has 7 nitrogen and oxygen atoms in total. The Kier molecular flexibility index (Phi) is 5.84. The van der Waals surface area contributed by atoms with E-state index in [0.717, 1.165) is 57.6 Å². The summed E-state index contributed by atoms with van der Waals surface area (Å²) >= 11 is 0.921. The maximum absolute atomic E-state index is 11.3. The molecule has 0 aromatic heterocycles. The summed E-state index contributed by atoms with van der Waals surface area (Å²) in [5.41, 5.74) is 0. The Morgan fingerprint density at radius 2 is 1.85 bits per heavy atom. The molecule has 0 bridgehead atoms. The molecular weight excluding hydrogens is 280 g/mol. The summed E-state index contributed by atoms with van der Waals surface area (Å²) in [6.07, 6.45) is 1.60. The summed E-state index contributed by atoms with van der Waals surface area (Å²) in [5.74, 6) is -0.329. The predicted molar refractivity (Wildman–Crippen MR) is 77.2 cm³/mol. The van der Waals surface area contributed by atoms with Gasteiger partial charge in [0.1, 0.15) is 0 Å². The molecule has 3 N–H and O–H groups in total. The van der Waals surface area contributed by atoms with Gasteiger partial charge in [-0.25, -0.2) is 0 Å². The number of aliphatic hydroxyl groups is 1. The zero-order chi connectivity index (χ0) is 14.4. The fourth-order valence-corrected chi connectivity index (χ4v) is 2.82. The van der Waals surface area contributed by atoms with Gasteiger partial charge in [-0.1, -0.05) is 0 Å². The second-order valence-corrected chi connectivity index (χ2v) is 5.73. The molecule has 0 saturated carbocycles. The lowest BCUT2D eigenvalue weighted by atomic mass is 10.3. The highest BCUT2D eigenvalue weighted by molar-refractivity contribution is 8.18. The summed E-state index contributed by atoms with van der Waals surface area (Å²) in [6, 6.07) is 0. The number of nitrogens with one attached hydrogen (secondary N) is 2. The van der Waals surface area contributed by atoms with Gasteiger partial charge in [0, 0.05) is 52.0 Å². The number of thioether (sulfide) groups is 1. The molecule has 2 amide bonds. The minimum Gasteiger partial charge on any atom is -0.395 e. The molecule has 2 aliphatic heterocycles. The van der Waals surface area contributed by atoms with Crippen molar-refractivity contribution in [2.45, 2.75) is 0 Å². The topological polar surface area (TPSA) is 84.9 Å². The minimum absolute atomic E-state index is 0.216. The fraction of sp³-hybridized carbons (Fsp3) is 0.667. The standard InChI is InChI=1S/C12H20N4O3S/c17-8-7-16-5-3-15(4-6-16)2-1-13-9-10-11(18)14-12(19)20-10/h9,13,17H,1-8H2,(H,14,18,19)/b10-9-. The van der Waals surface area contributed by atoms with Crippen LogP contribution in [0.2, 0.25) is 0 Å². The van der Waals surface area contributed by atoms with E-state index in [1.165, 1.54) is 0 Å². The van der Waals surface area contributed by atoms with E-state index in [1.54, 1.807) is 6.20 Å². The third-order valence-electron chi connectivity index (χ3n) is 3.33. The van der Waals surface area contributed by atoms with Crippen molar-refractivity contribution in [3.63, 3.8) is 0 Å². The van der Waals surface area contributed by atoms with Crippen LogP contribution in [0.15, 0.2) is 11.1 Å². The number of amides is 2. The Hall–Kier alpha value is -1.09. The molecule has 0 aromatic rings. The number of hydrogen-bond acceptors (Lipinski definition) is 7. The van der Waals surface area contributed by atoms with Crippen molar-refractivity contribution in [1.82, 2.24) is 20.4 Å². The second-order valence-electron chi connectivity index (χ2n) is 4.71. The van der Waals surface area contributed by atoms with Gasteiger partial charge in [0.15, 0.2) is 0 Å². The Morgan fingerprint density at radius 1 is 1.20 bits per heavy atom. The number of hydrogen-bond donors (Lipinski definition) is 3. The highest BCUT2D eigenvalue weighted by atomic mass is 32.2. The third kappa shape index (κ3) is 4.48. The Morgan fingerprint density at radius 3 is 2.40 bits per heavy atom. The SMILES string of the molecule is O=C1NC(=O)/C(=C/NCCN2CCN(CCO)CC2)S1. The van der Waals surface area contributed by atoms with Gasteiger partial charge in [-0.2, -0.15) is 0 Å². The monoisotopic (exact) mass is 300 g/mol. The lowest BCUT2D eigenvalue weighted by molar-refractivity contribution is -0.115. The first kappa shape index (κ1) is 15.3. The molecule has 112 valence electrons. The van der Waals surface area contributed by atoms with Crippen LogP contribution in [0, 0.1) is 0 Å². The number of β-amino-alcohol motifs (C(OH)–C–C–N with tert-alkyl or cyclic N) is 1. The van der Waals surface area contributed by atoms with Crippen LogP contribution in [-0.2, 0) is 4.79 Å². The molecular formula is C12H20N4O3S. The molecule has 2 rings (SSSR count). The van der Waals surface area contributed by atoms with E-state index in [9.17, 15) is 9.59 Å². The van der Waals surface area contributed by atoms with Crippen LogP contribution in [0.1, 0.15) is 0 Å². The first-order valence-electron chi connectivity index (χ1n) is 6.71. The zero-order valence-electron chi connectivity index (χ0n) is 11.3. The fourth-order valence-electron chi connectivity index (χ4n) is 2.19. The molecule has 0 aromatic carbocycles. The molecule has 0 spiro atoms. The van der Waals surface area contributed by atoms with Gasteiger partial charge in [0.2, 0.25) is 0 Å². The third-order valence-corrected chi connectivity index (χ3v) is 4.14. The van der Waals surface area contributed by atoms with Crippen molar-refractivity contribution in [3.8, 4) is 0 Å². The largest absolute Gasteiger partial charge is 0.395 e. The van der Waals surface area contributed by atoms with Crippen LogP contribution in [-0.4, -0.2) is 78.5 Å². The number of piperazine rings is 1. The van der Waals surface area contributed by atoms with Crippen molar-refractivity contribution >= 4 is 22.9 Å². The number of aliphatic hydroxyl groups excluding tert-OH is 1. The molecule has 0 atom stereocenters. The Bertz CT molecular complexity index is 394. The van der Waals surface area contributed by atoms with E-state index in [2.05, 4.69) is 20.4 Å².